The smallest absolute Gasteiger partial charge is 0.159 e. The standard InChI is InChI=1S/C31H40F4/c1-2-5-21-8-12-24(13-9-21)25-14-10-22(11-15-25)6-3-4-7-23-18-29(34)31(30(35)19-23)26-16-17-27(32)28(33)20-26/h16-22,24-25H,2-15H2,1H3/t21-,22?,24-,25?. The van der Waals surface area contributed by atoms with Gasteiger partial charge in [0.25, 0.3) is 0 Å². The summed E-state index contributed by atoms with van der Waals surface area (Å²) in [7, 11) is 0. The fourth-order valence-electron chi connectivity index (χ4n) is 6.76. The molecule has 35 heavy (non-hydrogen) atoms. The summed E-state index contributed by atoms with van der Waals surface area (Å²) in [5.41, 5.74) is 0.326. The number of unbranched alkanes of at least 4 members (excludes halogenated alkanes) is 1. The van der Waals surface area contributed by atoms with Gasteiger partial charge >= 0.3 is 0 Å². The molecule has 2 aromatic rings. The number of rotatable bonds is 9. The predicted molar refractivity (Wildman–Crippen MR) is 135 cm³/mol. The van der Waals surface area contributed by atoms with Gasteiger partial charge in [0.05, 0.1) is 5.56 Å². The Balaban J connectivity index is 1.19. The van der Waals surface area contributed by atoms with E-state index in [1.54, 1.807) is 0 Å². The van der Waals surface area contributed by atoms with E-state index < -0.39 is 23.3 Å². The van der Waals surface area contributed by atoms with Crippen LogP contribution in [0, 0.1) is 46.9 Å². The summed E-state index contributed by atoms with van der Waals surface area (Å²) in [6.07, 6.45) is 17.8. The lowest BCUT2D eigenvalue weighted by Crippen LogP contribution is -2.25. The molecule has 0 nitrogen and oxygen atoms in total. The van der Waals surface area contributed by atoms with Crippen LogP contribution in [0.3, 0.4) is 0 Å². The minimum absolute atomic E-state index is 0.00931. The van der Waals surface area contributed by atoms with Crippen molar-refractivity contribution in [1.82, 2.24) is 0 Å². The van der Waals surface area contributed by atoms with E-state index in [1.807, 2.05) is 0 Å². The Hall–Kier alpha value is -1.84. The molecule has 0 aliphatic heterocycles. The predicted octanol–water partition coefficient (Wildman–Crippen LogP) is 10.0. The van der Waals surface area contributed by atoms with Gasteiger partial charge in [-0.1, -0.05) is 64.4 Å². The van der Waals surface area contributed by atoms with E-state index in [9.17, 15) is 17.6 Å². The molecular weight excluding hydrogens is 448 g/mol. The summed E-state index contributed by atoms with van der Waals surface area (Å²) in [5.74, 6) is 0.0775. The second kappa shape index (κ2) is 12.4. The van der Waals surface area contributed by atoms with Crippen molar-refractivity contribution in [1.29, 1.82) is 0 Å². The van der Waals surface area contributed by atoms with Crippen LogP contribution in [-0.4, -0.2) is 0 Å². The molecule has 0 amide bonds. The summed E-state index contributed by atoms with van der Waals surface area (Å²) in [6, 6.07) is 5.59. The van der Waals surface area contributed by atoms with Crippen LogP contribution < -0.4 is 0 Å². The third-order valence-electron chi connectivity index (χ3n) is 8.78. The second-order valence-corrected chi connectivity index (χ2v) is 11.2. The zero-order chi connectivity index (χ0) is 24.8. The van der Waals surface area contributed by atoms with Gasteiger partial charge in [-0.25, -0.2) is 17.6 Å². The third kappa shape index (κ3) is 6.89. The molecule has 0 heterocycles. The lowest BCUT2D eigenvalue weighted by molar-refractivity contribution is 0.140. The average Bonchev–Trinajstić information content (AvgIpc) is 2.85. The molecule has 2 aromatic carbocycles. The van der Waals surface area contributed by atoms with Gasteiger partial charge in [0.1, 0.15) is 11.6 Å². The van der Waals surface area contributed by atoms with Crippen LogP contribution >= 0.6 is 0 Å². The first-order chi connectivity index (χ1) is 16.9. The Labute approximate surface area is 208 Å². The fraction of sp³-hybridized carbons (Fsp3) is 0.613. The van der Waals surface area contributed by atoms with Crippen molar-refractivity contribution in [2.75, 3.05) is 0 Å². The van der Waals surface area contributed by atoms with E-state index in [0.717, 1.165) is 48.6 Å². The molecule has 192 valence electrons. The topological polar surface area (TPSA) is 0 Å². The van der Waals surface area contributed by atoms with Crippen molar-refractivity contribution in [3.05, 3.63) is 59.2 Å². The van der Waals surface area contributed by atoms with Gasteiger partial charge < -0.3 is 0 Å². The lowest BCUT2D eigenvalue weighted by Gasteiger charge is -2.38. The quantitative estimate of drug-likeness (QED) is 0.243. The number of hydrogen-bond donors (Lipinski definition) is 0. The summed E-state index contributed by atoms with van der Waals surface area (Å²) in [4.78, 5) is 0. The van der Waals surface area contributed by atoms with Crippen LogP contribution in [-0.2, 0) is 6.42 Å². The number of hydrogen-bond acceptors (Lipinski definition) is 0. The van der Waals surface area contributed by atoms with E-state index in [1.165, 1.54) is 88.8 Å². The first-order valence-electron chi connectivity index (χ1n) is 13.9. The maximum Gasteiger partial charge on any atom is 0.159 e. The normalized spacial score (nSPS) is 25.1. The van der Waals surface area contributed by atoms with Gasteiger partial charge in [-0.05, 0) is 97.6 Å². The Morgan fingerprint density at radius 3 is 1.74 bits per heavy atom. The molecule has 0 spiro atoms. The van der Waals surface area contributed by atoms with E-state index >= 15 is 0 Å². The molecule has 4 rings (SSSR count). The molecule has 0 bridgehead atoms. The molecule has 0 aromatic heterocycles. The largest absolute Gasteiger partial charge is 0.206 e. The number of benzene rings is 2. The molecule has 0 unspecified atom stereocenters. The molecule has 0 atom stereocenters. The monoisotopic (exact) mass is 488 g/mol. The zero-order valence-electron chi connectivity index (χ0n) is 21.1. The highest BCUT2D eigenvalue weighted by Gasteiger charge is 2.30. The first-order valence-corrected chi connectivity index (χ1v) is 13.9. The molecule has 2 fully saturated rings. The molecule has 2 aliphatic carbocycles. The van der Waals surface area contributed by atoms with E-state index in [0.29, 0.717) is 12.0 Å². The van der Waals surface area contributed by atoms with E-state index in [2.05, 4.69) is 6.92 Å². The van der Waals surface area contributed by atoms with Crippen molar-refractivity contribution in [2.24, 2.45) is 23.7 Å². The molecule has 4 heteroatoms. The minimum atomic E-state index is -1.11. The van der Waals surface area contributed by atoms with Crippen molar-refractivity contribution in [2.45, 2.75) is 96.8 Å². The lowest BCUT2D eigenvalue weighted by atomic mass is 9.68. The third-order valence-corrected chi connectivity index (χ3v) is 8.78. The molecule has 0 N–H and O–H groups in total. The van der Waals surface area contributed by atoms with Crippen LogP contribution in [0.15, 0.2) is 30.3 Å². The maximum atomic E-state index is 14.6. The van der Waals surface area contributed by atoms with Crippen molar-refractivity contribution in [3.8, 4) is 11.1 Å². The molecule has 0 saturated heterocycles. The molecule has 2 saturated carbocycles. The maximum absolute atomic E-state index is 14.6. The van der Waals surface area contributed by atoms with Crippen LogP contribution in [0.25, 0.3) is 11.1 Å². The van der Waals surface area contributed by atoms with Crippen molar-refractivity contribution in [3.63, 3.8) is 0 Å². The number of aryl methyl sites for hydroxylation is 1. The highest BCUT2D eigenvalue weighted by Crippen LogP contribution is 2.43. The summed E-state index contributed by atoms with van der Waals surface area (Å²) in [5, 5.41) is 0. The van der Waals surface area contributed by atoms with Gasteiger partial charge in [0.2, 0.25) is 0 Å². The first kappa shape index (κ1) is 26.2. The Bertz CT molecular complexity index is 929. The van der Waals surface area contributed by atoms with E-state index in [-0.39, 0.29) is 11.1 Å². The SMILES string of the molecule is CCC[C@H]1CC[C@H](C2CCC(CCCCc3cc(F)c(-c4ccc(F)c(F)c4)c(F)c3)CC2)CC1. The van der Waals surface area contributed by atoms with Crippen LogP contribution in [0.2, 0.25) is 0 Å². The van der Waals surface area contributed by atoms with E-state index in [4.69, 9.17) is 0 Å². The highest BCUT2D eigenvalue weighted by atomic mass is 19.2. The Morgan fingerprint density at radius 1 is 0.629 bits per heavy atom. The van der Waals surface area contributed by atoms with Crippen LogP contribution in [0.1, 0.15) is 96.0 Å². The molecular formula is C31H40F4. The minimum Gasteiger partial charge on any atom is -0.206 e. The average molecular weight is 489 g/mol. The van der Waals surface area contributed by atoms with Gasteiger partial charge in [0.15, 0.2) is 11.6 Å². The van der Waals surface area contributed by atoms with Crippen molar-refractivity contribution < 1.29 is 17.6 Å². The van der Waals surface area contributed by atoms with Crippen molar-refractivity contribution >= 4 is 0 Å². The zero-order valence-corrected chi connectivity index (χ0v) is 21.1. The van der Waals surface area contributed by atoms with Crippen LogP contribution in [0.5, 0.6) is 0 Å². The molecule has 2 aliphatic rings. The highest BCUT2D eigenvalue weighted by molar-refractivity contribution is 5.65. The number of halogens is 4. The summed E-state index contributed by atoms with van der Waals surface area (Å²) < 4.78 is 55.9. The van der Waals surface area contributed by atoms with Gasteiger partial charge in [-0.2, -0.15) is 0 Å². The Morgan fingerprint density at radius 2 is 1.20 bits per heavy atom. The van der Waals surface area contributed by atoms with Gasteiger partial charge in [-0.15, -0.1) is 0 Å². The molecule has 0 radical (unpaired) electrons. The summed E-state index contributed by atoms with van der Waals surface area (Å²) in [6.45, 7) is 2.30. The van der Waals surface area contributed by atoms with Gasteiger partial charge in [0, 0.05) is 0 Å². The van der Waals surface area contributed by atoms with Gasteiger partial charge in [-0.3, -0.25) is 0 Å². The Kier molecular flexibility index (Phi) is 9.30. The second-order valence-electron chi connectivity index (χ2n) is 11.2. The summed E-state index contributed by atoms with van der Waals surface area (Å²) >= 11 is 0. The fourth-order valence-corrected chi connectivity index (χ4v) is 6.76. The van der Waals surface area contributed by atoms with Crippen LogP contribution in [0.4, 0.5) is 17.6 Å².